The summed E-state index contributed by atoms with van der Waals surface area (Å²) < 4.78 is 20.4. The van der Waals surface area contributed by atoms with E-state index < -0.39 is 5.41 Å². The van der Waals surface area contributed by atoms with Crippen molar-refractivity contribution in [1.82, 2.24) is 0 Å². The highest BCUT2D eigenvalue weighted by atomic mass is 16.3. The first-order valence-corrected chi connectivity index (χ1v) is 22.2. The first-order valence-electron chi connectivity index (χ1n) is 22.2. The highest BCUT2D eigenvalue weighted by molar-refractivity contribution is 6.27. The van der Waals surface area contributed by atoms with Crippen LogP contribution in [0.2, 0.25) is 0 Å². The molecule has 3 aromatic heterocycles. The number of rotatable bonds is 6. The lowest BCUT2D eigenvalue weighted by molar-refractivity contribution is 0.663. The Kier molecular flexibility index (Phi) is 7.57. The van der Waals surface area contributed by atoms with Crippen LogP contribution in [0.1, 0.15) is 22.3 Å². The lowest BCUT2D eigenvalue weighted by Gasteiger charge is -2.35. The van der Waals surface area contributed by atoms with Crippen LogP contribution in [0, 0.1) is 0 Å². The van der Waals surface area contributed by atoms with Crippen LogP contribution >= 0.6 is 0 Å². The molecule has 0 radical (unpaired) electrons. The highest BCUT2D eigenvalue weighted by Crippen LogP contribution is 2.58. The number of benzene rings is 10. The summed E-state index contributed by atoms with van der Waals surface area (Å²) in [5.41, 5.74) is 16.7. The van der Waals surface area contributed by atoms with Crippen LogP contribution in [0.15, 0.2) is 238 Å². The molecule has 1 aliphatic rings. The van der Waals surface area contributed by atoms with Gasteiger partial charge in [0.25, 0.3) is 0 Å². The summed E-state index contributed by atoms with van der Waals surface area (Å²) >= 11 is 0. The van der Waals surface area contributed by atoms with Crippen LogP contribution in [0.5, 0.6) is 0 Å². The molecule has 3 heterocycles. The van der Waals surface area contributed by atoms with E-state index in [1.165, 1.54) is 33.4 Å². The monoisotopic (exact) mass is 831 g/mol. The van der Waals surface area contributed by atoms with Gasteiger partial charge in [-0.3, -0.25) is 0 Å². The number of fused-ring (bicyclic) bond motifs is 13. The molecule has 13 aromatic rings. The highest BCUT2D eigenvalue weighted by Gasteiger charge is 2.46. The zero-order chi connectivity index (χ0) is 42.6. The fourth-order valence-electron chi connectivity index (χ4n) is 11.0. The number of hydrogen-bond donors (Lipinski definition) is 0. The van der Waals surface area contributed by atoms with Crippen LogP contribution in [0.25, 0.3) is 88.1 Å². The van der Waals surface area contributed by atoms with Crippen LogP contribution in [0.3, 0.4) is 0 Å². The molecule has 10 aromatic carbocycles. The molecular formula is C61H37NO3. The zero-order valence-corrected chi connectivity index (χ0v) is 35.0. The van der Waals surface area contributed by atoms with Crippen molar-refractivity contribution in [3.63, 3.8) is 0 Å². The van der Waals surface area contributed by atoms with Crippen molar-refractivity contribution < 1.29 is 13.3 Å². The summed E-state index contributed by atoms with van der Waals surface area (Å²) in [5.74, 6) is 0. The molecule has 0 unspecified atom stereocenters. The number of hydrogen-bond acceptors (Lipinski definition) is 4. The van der Waals surface area contributed by atoms with E-state index in [0.717, 1.165) is 94.0 Å². The van der Waals surface area contributed by atoms with E-state index in [1.54, 1.807) is 0 Å². The molecule has 0 fully saturated rings. The molecule has 0 amide bonds. The van der Waals surface area contributed by atoms with Gasteiger partial charge in [-0.25, -0.2) is 0 Å². The van der Waals surface area contributed by atoms with Gasteiger partial charge >= 0.3 is 0 Å². The van der Waals surface area contributed by atoms with Crippen molar-refractivity contribution in [1.29, 1.82) is 0 Å². The predicted octanol–water partition coefficient (Wildman–Crippen LogP) is 16.9. The smallest absolute Gasteiger partial charge is 0.159 e. The molecule has 0 saturated carbocycles. The normalized spacial score (nSPS) is 13.0. The molecule has 0 aliphatic heterocycles. The lowest BCUT2D eigenvalue weighted by atomic mass is 9.67. The minimum absolute atomic E-state index is 0.575. The Morgan fingerprint density at radius 3 is 1.66 bits per heavy atom. The second kappa shape index (κ2) is 13.7. The van der Waals surface area contributed by atoms with Gasteiger partial charge in [-0.1, -0.05) is 164 Å². The topological polar surface area (TPSA) is 42.7 Å². The lowest BCUT2D eigenvalue weighted by Crippen LogP contribution is -2.28. The van der Waals surface area contributed by atoms with Crippen LogP contribution in [0.4, 0.5) is 17.1 Å². The summed E-state index contributed by atoms with van der Waals surface area (Å²) in [7, 11) is 0. The van der Waals surface area contributed by atoms with Gasteiger partial charge in [0, 0.05) is 49.3 Å². The minimum atomic E-state index is -0.575. The average molecular weight is 832 g/mol. The Morgan fingerprint density at radius 1 is 0.323 bits per heavy atom. The number of nitrogens with zero attached hydrogens (tertiary/aromatic N) is 1. The molecule has 0 atom stereocenters. The Bertz CT molecular complexity index is 3970. The summed E-state index contributed by atoms with van der Waals surface area (Å²) in [6.07, 6.45) is 0. The van der Waals surface area contributed by atoms with E-state index in [4.69, 9.17) is 13.3 Å². The van der Waals surface area contributed by atoms with Crippen molar-refractivity contribution in [2.45, 2.75) is 5.41 Å². The Hall–Kier alpha value is -8.60. The molecule has 65 heavy (non-hydrogen) atoms. The van der Waals surface area contributed by atoms with Gasteiger partial charge < -0.3 is 18.2 Å². The maximum atomic E-state index is 7.18. The van der Waals surface area contributed by atoms with E-state index in [2.05, 4.69) is 199 Å². The fourth-order valence-corrected chi connectivity index (χ4v) is 11.0. The molecule has 0 bridgehead atoms. The second-order valence-electron chi connectivity index (χ2n) is 17.1. The van der Waals surface area contributed by atoms with E-state index in [9.17, 15) is 0 Å². The Morgan fingerprint density at radius 2 is 0.892 bits per heavy atom. The third-order valence-corrected chi connectivity index (χ3v) is 13.7. The van der Waals surface area contributed by atoms with Gasteiger partial charge in [0.05, 0.1) is 11.1 Å². The van der Waals surface area contributed by atoms with Crippen molar-refractivity contribution in [2.24, 2.45) is 0 Å². The second-order valence-corrected chi connectivity index (χ2v) is 17.1. The van der Waals surface area contributed by atoms with Gasteiger partial charge in [0.15, 0.2) is 5.58 Å². The maximum Gasteiger partial charge on any atom is 0.159 e. The Balaban J connectivity index is 1.10. The molecule has 0 N–H and O–H groups in total. The fraction of sp³-hybridized carbons (Fsp3) is 0.0164. The molecule has 14 rings (SSSR count). The first kappa shape index (κ1) is 35.9. The van der Waals surface area contributed by atoms with Crippen LogP contribution in [-0.2, 0) is 5.41 Å². The van der Waals surface area contributed by atoms with Crippen molar-refractivity contribution in [2.75, 3.05) is 4.90 Å². The van der Waals surface area contributed by atoms with E-state index >= 15 is 0 Å². The third-order valence-electron chi connectivity index (χ3n) is 13.7. The largest absolute Gasteiger partial charge is 0.456 e. The first-order chi connectivity index (χ1) is 32.2. The van der Waals surface area contributed by atoms with Gasteiger partial charge in [-0.05, 0) is 99.6 Å². The SMILES string of the molecule is c1ccc(N(c2ccc3c(c2)C(c2ccccc2)(c2ccccc2)c2ccccc2-3)c2cc(-c3cccc4c3oc3ccccc34)cc3c2oc2ccc4oc5ccccc5c4c23)cc1. The van der Waals surface area contributed by atoms with Crippen molar-refractivity contribution >= 4 is 82.9 Å². The number of furan rings is 3. The average Bonchev–Trinajstić information content (AvgIpc) is 4.13. The minimum Gasteiger partial charge on any atom is -0.456 e. The third kappa shape index (κ3) is 5.08. The summed E-state index contributed by atoms with van der Waals surface area (Å²) in [5, 5.41) is 6.28. The van der Waals surface area contributed by atoms with Gasteiger partial charge in [-0.2, -0.15) is 0 Å². The van der Waals surface area contributed by atoms with E-state index in [0.29, 0.717) is 0 Å². The number of anilines is 3. The van der Waals surface area contributed by atoms with E-state index in [-0.39, 0.29) is 0 Å². The molecule has 0 spiro atoms. The summed E-state index contributed by atoms with van der Waals surface area (Å²) in [4.78, 5) is 2.38. The summed E-state index contributed by atoms with van der Waals surface area (Å²) in [6, 6.07) is 80.3. The van der Waals surface area contributed by atoms with E-state index in [1.807, 2.05) is 30.3 Å². The molecule has 304 valence electrons. The molecular weight excluding hydrogens is 795 g/mol. The quantitative estimate of drug-likeness (QED) is 0.167. The molecule has 4 heteroatoms. The van der Waals surface area contributed by atoms with Gasteiger partial charge in [0.1, 0.15) is 27.9 Å². The van der Waals surface area contributed by atoms with Crippen molar-refractivity contribution in [3.8, 4) is 22.3 Å². The zero-order valence-electron chi connectivity index (χ0n) is 35.0. The standard InChI is InChI=1S/C61H37NO3/c1-4-17-39(18-5-1)61(40-19-6-2-7-20-40)50-28-13-10-23-44(50)45-32-31-42(37-51(45)61)62(41-21-8-3-9-22-41)52-36-38(43-26-16-27-47-46-24-11-14-29-53(46)64-59(43)47)35-49-58-56(65-60(49)52)34-33-55-57(58)48-25-12-15-30-54(48)63-55/h1-37H. The van der Waals surface area contributed by atoms with Gasteiger partial charge in [-0.15, -0.1) is 0 Å². The molecule has 0 saturated heterocycles. The molecule has 4 nitrogen and oxygen atoms in total. The Labute approximate surface area is 373 Å². The maximum absolute atomic E-state index is 7.18. The van der Waals surface area contributed by atoms with Crippen LogP contribution in [-0.4, -0.2) is 0 Å². The van der Waals surface area contributed by atoms with Gasteiger partial charge in [0.2, 0.25) is 0 Å². The number of para-hydroxylation sites is 4. The van der Waals surface area contributed by atoms with Crippen LogP contribution < -0.4 is 4.90 Å². The molecule has 1 aliphatic carbocycles. The predicted molar refractivity (Wildman–Crippen MR) is 266 cm³/mol. The van der Waals surface area contributed by atoms with Crippen molar-refractivity contribution in [3.05, 3.63) is 247 Å². The summed E-state index contributed by atoms with van der Waals surface area (Å²) in [6.45, 7) is 0.